The van der Waals surface area contributed by atoms with Crippen molar-refractivity contribution in [2.45, 2.75) is 43.9 Å². The van der Waals surface area contributed by atoms with E-state index in [4.69, 9.17) is 0 Å². The number of carbonyl (C=O) groups is 2. The molecule has 2 N–H and O–H groups in total. The van der Waals surface area contributed by atoms with Crippen LogP contribution in [0.4, 0.5) is 13.2 Å². The van der Waals surface area contributed by atoms with Crippen LogP contribution < -0.4 is 10.6 Å². The van der Waals surface area contributed by atoms with E-state index >= 15 is 0 Å². The zero-order chi connectivity index (χ0) is 14.8. The average molecular weight is 293 g/mol. The minimum atomic E-state index is -4.43. The Labute approximate surface area is 114 Å². The van der Waals surface area contributed by atoms with E-state index in [0.717, 1.165) is 4.90 Å². The molecule has 0 radical (unpaired) electrons. The number of hydrogen-bond acceptors (Lipinski definition) is 3. The maximum atomic E-state index is 12.7. The van der Waals surface area contributed by atoms with Gasteiger partial charge in [0.05, 0.1) is 0 Å². The number of rotatable bonds is 3. The molecule has 0 bridgehead atoms. The van der Waals surface area contributed by atoms with Gasteiger partial charge in [0.15, 0.2) is 0 Å². The number of nitrogens with one attached hydrogen (secondary N) is 2. The molecule has 0 aliphatic carbocycles. The van der Waals surface area contributed by atoms with Crippen LogP contribution in [0, 0.1) is 0 Å². The Kier molecular flexibility index (Phi) is 4.52. The van der Waals surface area contributed by atoms with E-state index in [1.807, 2.05) is 0 Å². The van der Waals surface area contributed by atoms with Crippen LogP contribution in [0.25, 0.3) is 0 Å². The molecule has 20 heavy (non-hydrogen) atoms. The molecule has 0 spiro atoms. The van der Waals surface area contributed by atoms with Crippen molar-refractivity contribution in [1.82, 2.24) is 15.5 Å². The molecule has 5 nitrogen and oxygen atoms in total. The fourth-order valence-electron chi connectivity index (χ4n) is 2.70. The number of hydrogen-bond donors (Lipinski definition) is 2. The van der Waals surface area contributed by atoms with Crippen LogP contribution in [0.5, 0.6) is 0 Å². The van der Waals surface area contributed by atoms with Gasteiger partial charge in [0, 0.05) is 12.5 Å². The summed E-state index contributed by atoms with van der Waals surface area (Å²) < 4.78 is 38.1. The van der Waals surface area contributed by atoms with E-state index in [1.165, 1.54) is 0 Å². The first-order chi connectivity index (χ1) is 9.37. The van der Waals surface area contributed by atoms with E-state index in [0.29, 0.717) is 25.9 Å². The first-order valence-corrected chi connectivity index (χ1v) is 6.74. The Morgan fingerprint density at radius 1 is 1.25 bits per heavy atom. The Bertz CT molecular complexity index is 381. The molecule has 1 atom stereocenters. The first-order valence-electron chi connectivity index (χ1n) is 6.74. The number of alkyl halides is 3. The predicted molar refractivity (Wildman–Crippen MR) is 64.8 cm³/mol. The van der Waals surface area contributed by atoms with Crippen LogP contribution in [-0.2, 0) is 9.59 Å². The Morgan fingerprint density at radius 3 is 2.40 bits per heavy atom. The normalized spacial score (nSPS) is 24.6. The first kappa shape index (κ1) is 15.1. The van der Waals surface area contributed by atoms with Gasteiger partial charge in [-0.3, -0.25) is 9.59 Å². The zero-order valence-corrected chi connectivity index (χ0v) is 11.0. The minimum absolute atomic E-state index is 0.197. The number of piperidine rings is 1. The van der Waals surface area contributed by atoms with Crippen molar-refractivity contribution in [3.63, 3.8) is 0 Å². The summed E-state index contributed by atoms with van der Waals surface area (Å²) in [7, 11) is 0. The van der Waals surface area contributed by atoms with Gasteiger partial charge < -0.3 is 15.5 Å². The number of amides is 2. The van der Waals surface area contributed by atoms with Gasteiger partial charge in [-0.2, -0.15) is 13.2 Å². The lowest BCUT2D eigenvalue weighted by molar-refractivity contribution is -0.168. The van der Waals surface area contributed by atoms with Gasteiger partial charge in [-0.25, -0.2) is 0 Å². The van der Waals surface area contributed by atoms with Gasteiger partial charge in [0.2, 0.25) is 11.8 Å². The maximum absolute atomic E-state index is 12.7. The Morgan fingerprint density at radius 2 is 1.90 bits per heavy atom. The molecule has 2 rings (SSSR count). The van der Waals surface area contributed by atoms with Crippen LogP contribution in [0.2, 0.25) is 0 Å². The second-order valence-corrected chi connectivity index (χ2v) is 5.22. The maximum Gasteiger partial charge on any atom is 0.406 e. The van der Waals surface area contributed by atoms with Crippen molar-refractivity contribution in [2.24, 2.45) is 0 Å². The second-order valence-electron chi connectivity index (χ2n) is 5.22. The van der Waals surface area contributed by atoms with Gasteiger partial charge >= 0.3 is 6.18 Å². The zero-order valence-electron chi connectivity index (χ0n) is 11.0. The molecule has 114 valence electrons. The van der Waals surface area contributed by atoms with Crippen molar-refractivity contribution >= 4 is 11.8 Å². The van der Waals surface area contributed by atoms with Crippen molar-refractivity contribution in [3.05, 3.63) is 0 Å². The van der Waals surface area contributed by atoms with Crippen molar-refractivity contribution in [1.29, 1.82) is 0 Å². The number of halogens is 3. The molecular formula is C12H18F3N3O2. The molecule has 0 aromatic carbocycles. The fourth-order valence-corrected chi connectivity index (χ4v) is 2.70. The fraction of sp³-hybridized carbons (Fsp3) is 0.833. The van der Waals surface area contributed by atoms with Crippen LogP contribution >= 0.6 is 0 Å². The minimum Gasteiger partial charge on any atom is -0.344 e. The van der Waals surface area contributed by atoms with Crippen LogP contribution in [0.1, 0.15) is 25.7 Å². The quantitative estimate of drug-likeness (QED) is 0.792. The molecule has 2 aliphatic rings. The van der Waals surface area contributed by atoms with Gasteiger partial charge in [-0.1, -0.05) is 0 Å². The molecule has 0 aromatic heterocycles. The third-order valence-electron chi connectivity index (χ3n) is 3.68. The summed E-state index contributed by atoms with van der Waals surface area (Å²) in [5, 5.41) is 5.50. The molecule has 2 amide bonds. The third-order valence-corrected chi connectivity index (χ3v) is 3.68. The van der Waals surface area contributed by atoms with E-state index < -0.39 is 30.7 Å². The molecule has 1 unspecified atom stereocenters. The van der Waals surface area contributed by atoms with Crippen molar-refractivity contribution in [2.75, 3.05) is 19.6 Å². The molecule has 0 aromatic rings. The molecule has 2 saturated heterocycles. The van der Waals surface area contributed by atoms with Crippen LogP contribution in [-0.4, -0.2) is 54.6 Å². The Hall–Kier alpha value is -1.31. The standard InChI is InChI=1S/C12H18F3N3O2/c13-12(14,15)7-18(8-3-5-16-6-4-8)11(20)9-1-2-10(19)17-9/h8-9,16H,1-7H2,(H,17,19). The van der Waals surface area contributed by atoms with Gasteiger partial charge in [-0.15, -0.1) is 0 Å². The molecule has 2 aliphatic heterocycles. The largest absolute Gasteiger partial charge is 0.406 e. The summed E-state index contributed by atoms with van der Waals surface area (Å²) in [6.07, 6.45) is -2.95. The van der Waals surface area contributed by atoms with Crippen LogP contribution in [0.15, 0.2) is 0 Å². The lowest BCUT2D eigenvalue weighted by atomic mass is 10.0. The highest BCUT2D eigenvalue weighted by Crippen LogP contribution is 2.23. The summed E-state index contributed by atoms with van der Waals surface area (Å²) in [6.45, 7) is -0.0461. The molecule has 8 heteroatoms. The molecular weight excluding hydrogens is 275 g/mol. The highest BCUT2D eigenvalue weighted by atomic mass is 19.4. The van der Waals surface area contributed by atoms with Crippen molar-refractivity contribution in [3.8, 4) is 0 Å². The smallest absolute Gasteiger partial charge is 0.344 e. The van der Waals surface area contributed by atoms with Gasteiger partial charge in [-0.05, 0) is 32.4 Å². The van der Waals surface area contributed by atoms with E-state index in [2.05, 4.69) is 10.6 Å². The average Bonchev–Trinajstić information content (AvgIpc) is 2.82. The summed E-state index contributed by atoms with van der Waals surface area (Å²) in [5.74, 6) is -0.888. The van der Waals surface area contributed by atoms with E-state index in [1.54, 1.807) is 0 Å². The lowest BCUT2D eigenvalue weighted by Gasteiger charge is -2.36. The van der Waals surface area contributed by atoms with Gasteiger partial charge in [0.25, 0.3) is 0 Å². The highest BCUT2D eigenvalue weighted by Gasteiger charge is 2.40. The molecule has 2 heterocycles. The Balaban J connectivity index is 2.08. The summed E-state index contributed by atoms with van der Waals surface area (Å²) in [5.41, 5.74) is 0. The second kappa shape index (κ2) is 5.99. The molecule has 2 fully saturated rings. The molecule has 0 saturated carbocycles. The van der Waals surface area contributed by atoms with E-state index in [-0.39, 0.29) is 18.7 Å². The number of carbonyl (C=O) groups excluding carboxylic acids is 2. The highest BCUT2D eigenvalue weighted by molar-refractivity contribution is 5.91. The van der Waals surface area contributed by atoms with Crippen LogP contribution in [0.3, 0.4) is 0 Å². The number of nitrogens with zero attached hydrogens (tertiary/aromatic N) is 1. The topological polar surface area (TPSA) is 61.4 Å². The SMILES string of the molecule is O=C1CCC(C(=O)N(CC(F)(F)F)C2CCNCC2)N1. The van der Waals surface area contributed by atoms with E-state index in [9.17, 15) is 22.8 Å². The summed E-state index contributed by atoms with van der Waals surface area (Å²) in [6, 6.07) is -1.22. The summed E-state index contributed by atoms with van der Waals surface area (Å²) in [4.78, 5) is 24.3. The predicted octanol–water partition coefficient (Wildman–Crippen LogP) is 0.408. The third kappa shape index (κ3) is 3.84. The summed E-state index contributed by atoms with van der Waals surface area (Å²) >= 11 is 0. The van der Waals surface area contributed by atoms with Crippen molar-refractivity contribution < 1.29 is 22.8 Å². The lowest BCUT2D eigenvalue weighted by Crippen LogP contribution is -2.54. The monoisotopic (exact) mass is 293 g/mol. The van der Waals surface area contributed by atoms with Gasteiger partial charge in [0.1, 0.15) is 12.6 Å².